The molecule has 2 aliphatic rings. The van der Waals surface area contributed by atoms with Gasteiger partial charge in [-0.15, -0.1) is 5.54 Å². The third-order valence-electron chi connectivity index (χ3n) is 7.58. The number of ether oxygens (including phenoxy) is 1. The van der Waals surface area contributed by atoms with Gasteiger partial charge >= 0.3 is 6.09 Å². The molecule has 0 aliphatic carbocycles. The van der Waals surface area contributed by atoms with E-state index in [1.54, 1.807) is 4.90 Å². The predicted octanol–water partition coefficient (Wildman–Crippen LogP) is 6.59. The molecule has 0 bridgehead atoms. The Kier molecular flexibility index (Phi) is 7.50. The third kappa shape index (κ3) is 5.18. The molecule has 0 unspecified atom stereocenters. The van der Waals surface area contributed by atoms with E-state index in [0.29, 0.717) is 0 Å². The second-order valence-electron chi connectivity index (χ2n) is 11.4. The molecule has 3 atom stereocenters. The Hall–Kier alpha value is -3.63. The van der Waals surface area contributed by atoms with Gasteiger partial charge in [0.1, 0.15) is 14.1 Å². The number of hydrogen-bond acceptors (Lipinski definition) is 4. The van der Waals surface area contributed by atoms with Crippen molar-refractivity contribution in [2.45, 2.75) is 43.9 Å². The zero-order valence-electron chi connectivity index (χ0n) is 23.6. The number of amides is 1. The fourth-order valence-electron chi connectivity index (χ4n) is 5.97. The zero-order valence-corrected chi connectivity index (χ0v) is 24.6. The Bertz CT molecular complexity index is 1370. The maximum atomic E-state index is 13.4. The average Bonchev–Trinajstić information content (AvgIpc) is 3.20. The van der Waals surface area contributed by atoms with E-state index in [0.717, 1.165) is 16.8 Å². The van der Waals surface area contributed by atoms with E-state index >= 15 is 0 Å². The van der Waals surface area contributed by atoms with Crippen LogP contribution in [-0.4, -0.2) is 57.4 Å². The van der Waals surface area contributed by atoms with Crippen molar-refractivity contribution in [1.82, 2.24) is 9.80 Å². The van der Waals surface area contributed by atoms with E-state index in [4.69, 9.17) is 4.74 Å². The number of anilines is 1. The Labute approximate surface area is 233 Å². The number of hydrogen-bond donors (Lipinski definition) is 0. The maximum Gasteiger partial charge on any atom is 0.415 e. The molecular formula is C33H37N3O2Si. The number of para-hydroxylation sites is 1. The van der Waals surface area contributed by atoms with Crippen molar-refractivity contribution in [3.63, 3.8) is 0 Å². The standard InChI is InChI=1S/C33H37N3O2Si/c1-34-30(24-15-9-7-10-16-24)31(25-17-11-8-12-18-25)35(2)32(34)27-23-26-19-13-14-20-28(26)36(33(37)38-3)29(27)21-22-39(4,5)6/h7-20,23,29-32H,1-6H3/t29-,30+,31+/m1/s1. The van der Waals surface area contributed by atoms with Gasteiger partial charge < -0.3 is 4.74 Å². The molecule has 1 fully saturated rings. The van der Waals surface area contributed by atoms with Crippen LogP contribution in [0.3, 0.4) is 0 Å². The van der Waals surface area contributed by atoms with Gasteiger partial charge in [-0.05, 0) is 48.5 Å². The SMILES string of the molecule is COC(=O)N1c2ccccc2C=C(C2N(C)[C@@H](c3ccccc3)[C@H](c3ccccc3)N2C)[C@H]1C#C[Si](C)(C)C. The molecule has 5 rings (SSSR count). The summed E-state index contributed by atoms with van der Waals surface area (Å²) < 4.78 is 5.33. The zero-order chi connectivity index (χ0) is 27.7. The minimum atomic E-state index is -1.74. The van der Waals surface area contributed by atoms with E-state index in [2.05, 4.69) is 128 Å². The Morgan fingerprint density at radius 3 is 1.82 bits per heavy atom. The molecule has 0 N–H and O–H groups in total. The van der Waals surface area contributed by atoms with E-state index in [1.165, 1.54) is 18.2 Å². The predicted molar refractivity (Wildman–Crippen MR) is 162 cm³/mol. The lowest BCUT2D eigenvalue weighted by atomic mass is 9.93. The van der Waals surface area contributed by atoms with Crippen LogP contribution >= 0.6 is 0 Å². The Balaban J connectivity index is 1.70. The highest BCUT2D eigenvalue weighted by Gasteiger charge is 2.49. The summed E-state index contributed by atoms with van der Waals surface area (Å²) in [5.41, 5.74) is 8.97. The lowest BCUT2D eigenvalue weighted by Gasteiger charge is -2.39. The van der Waals surface area contributed by atoms with Crippen molar-refractivity contribution < 1.29 is 9.53 Å². The van der Waals surface area contributed by atoms with Gasteiger partial charge in [-0.3, -0.25) is 14.7 Å². The minimum Gasteiger partial charge on any atom is -0.452 e. The molecule has 6 heteroatoms. The smallest absolute Gasteiger partial charge is 0.415 e. The summed E-state index contributed by atoms with van der Waals surface area (Å²) in [6.07, 6.45) is 1.75. The summed E-state index contributed by atoms with van der Waals surface area (Å²) >= 11 is 0. The van der Waals surface area contributed by atoms with Crippen LogP contribution < -0.4 is 4.90 Å². The molecule has 1 saturated heterocycles. The molecule has 0 radical (unpaired) electrons. The molecule has 39 heavy (non-hydrogen) atoms. The third-order valence-corrected chi connectivity index (χ3v) is 8.47. The van der Waals surface area contributed by atoms with Crippen molar-refractivity contribution in [2.75, 3.05) is 26.1 Å². The van der Waals surface area contributed by atoms with Gasteiger partial charge in [0.15, 0.2) is 0 Å². The molecule has 3 aromatic rings. The lowest BCUT2D eigenvalue weighted by molar-refractivity contribution is 0.173. The Morgan fingerprint density at radius 2 is 1.31 bits per heavy atom. The van der Waals surface area contributed by atoms with E-state index in [-0.39, 0.29) is 18.2 Å². The summed E-state index contributed by atoms with van der Waals surface area (Å²) in [7, 11) is 4.08. The van der Waals surface area contributed by atoms with Crippen LogP contribution in [0.4, 0.5) is 10.5 Å². The topological polar surface area (TPSA) is 36.0 Å². The molecule has 1 amide bonds. The lowest BCUT2D eigenvalue weighted by Crippen LogP contribution is -2.50. The van der Waals surface area contributed by atoms with Crippen LogP contribution in [0.5, 0.6) is 0 Å². The largest absolute Gasteiger partial charge is 0.452 e. The fraction of sp³-hybridized carbons (Fsp3) is 0.303. The quantitative estimate of drug-likeness (QED) is 0.280. The second kappa shape index (κ2) is 10.9. The van der Waals surface area contributed by atoms with Crippen LogP contribution in [-0.2, 0) is 4.74 Å². The highest BCUT2D eigenvalue weighted by Crippen LogP contribution is 2.49. The monoisotopic (exact) mass is 535 g/mol. The molecule has 2 aliphatic heterocycles. The van der Waals surface area contributed by atoms with Gasteiger partial charge in [-0.2, -0.15) is 0 Å². The van der Waals surface area contributed by atoms with Gasteiger partial charge in [0.05, 0.1) is 31.0 Å². The summed E-state index contributed by atoms with van der Waals surface area (Å²) in [6.45, 7) is 6.69. The molecule has 0 aromatic heterocycles. The minimum absolute atomic E-state index is 0.0955. The maximum absolute atomic E-state index is 13.4. The van der Waals surface area contributed by atoms with Crippen molar-refractivity contribution in [3.8, 4) is 11.5 Å². The number of rotatable bonds is 3. The van der Waals surface area contributed by atoms with E-state index < -0.39 is 20.2 Å². The summed E-state index contributed by atoms with van der Waals surface area (Å²) in [5, 5.41) is 0. The van der Waals surface area contributed by atoms with Gasteiger partial charge in [-0.1, -0.05) is 104 Å². The normalized spacial score (nSPS) is 22.1. The summed E-state index contributed by atoms with van der Waals surface area (Å²) in [6, 6.07) is 29.2. The van der Waals surface area contributed by atoms with Crippen LogP contribution in [0.2, 0.25) is 19.6 Å². The van der Waals surface area contributed by atoms with Gasteiger partial charge in [0, 0.05) is 0 Å². The molecule has 200 valence electrons. The molecule has 3 aromatic carbocycles. The van der Waals surface area contributed by atoms with Crippen molar-refractivity contribution in [2.24, 2.45) is 0 Å². The molecule has 0 saturated carbocycles. The van der Waals surface area contributed by atoms with Crippen LogP contribution in [0, 0.1) is 11.5 Å². The number of methoxy groups -OCH3 is 1. The number of nitrogens with zero attached hydrogens (tertiary/aromatic N) is 3. The molecular weight excluding hydrogens is 498 g/mol. The van der Waals surface area contributed by atoms with Crippen LogP contribution in [0.25, 0.3) is 6.08 Å². The van der Waals surface area contributed by atoms with Crippen LogP contribution in [0.15, 0.2) is 90.5 Å². The fourth-order valence-corrected chi connectivity index (χ4v) is 6.54. The first-order valence-corrected chi connectivity index (χ1v) is 17.0. The average molecular weight is 536 g/mol. The first-order valence-electron chi connectivity index (χ1n) is 13.5. The number of fused-ring (bicyclic) bond motifs is 1. The Morgan fingerprint density at radius 1 is 0.795 bits per heavy atom. The van der Waals surface area contributed by atoms with Crippen molar-refractivity contribution >= 4 is 25.9 Å². The van der Waals surface area contributed by atoms with Gasteiger partial charge in [0.2, 0.25) is 0 Å². The first-order chi connectivity index (χ1) is 18.7. The summed E-state index contributed by atoms with van der Waals surface area (Å²) in [5.74, 6) is 3.56. The second-order valence-corrected chi connectivity index (χ2v) is 16.1. The number of carbonyl (C=O) groups excluding carboxylic acids is 1. The first kappa shape index (κ1) is 27.0. The van der Waals surface area contributed by atoms with Gasteiger partial charge in [-0.25, -0.2) is 4.79 Å². The van der Waals surface area contributed by atoms with Gasteiger partial charge in [0.25, 0.3) is 0 Å². The van der Waals surface area contributed by atoms with Crippen molar-refractivity contribution in [3.05, 3.63) is 107 Å². The van der Waals surface area contributed by atoms with E-state index in [9.17, 15) is 4.79 Å². The number of benzene rings is 3. The number of carbonyl (C=O) groups is 1. The molecule has 2 heterocycles. The number of likely N-dealkylation sites (N-methyl/N-ethyl adjacent to an activating group) is 2. The molecule has 5 nitrogen and oxygen atoms in total. The van der Waals surface area contributed by atoms with Crippen LogP contribution in [0.1, 0.15) is 28.8 Å². The molecule has 0 spiro atoms. The van der Waals surface area contributed by atoms with E-state index in [1.807, 2.05) is 18.2 Å². The highest BCUT2D eigenvalue weighted by atomic mass is 28.3. The van der Waals surface area contributed by atoms with Crippen molar-refractivity contribution in [1.29, 1.82) is 0 Å². The highest BCUT2D eigenvalue weighted by molar-refractivity contribution is 6.83. The summed E-state index contributed by atoms with van der Waals surface area (Å²) in [4.78, 5) is 20.0.